The number of morpholine rings is 1. The fourth-order valence-corrected chi connectivity index (χ4v) is 2.53. The number of ether oxygens (including phenoxy) is 1. The zero-order valence-corrected chi connectivity index (χ0v) is 15.1. The molecule has 5 N–H and O–H groups in total. The molecule has 1 fully saturated rings. The van der Waals surface area contributed by atoms with E-state index in [1.165, 1.54) is 7.05 Å². The van der Waals surface area contributed by atoms with Crippen molar-refractivity contribution >= 4 is 35.1 Å². The van der Waals surface area contributed by atoms with Crippen molar-refractivity contribution in [3.05, 3.63) is 23.8 Å². The molecule has 29 heavy (non-hydrogen) atoms. The Balaban J connectivity index is 2.32. The Hall–Kier alpha value is -3.35. The summed E-state index contributed by atoms with van der Waals surface area (Å²) in [4.78, 5) is 47.7. The molecule has 0 saturated carbocycles. The SMILES string of the molecule is CNC(=O)N[C@H](C(N)=O)C(=O)Nc1ccc(N2CCOCC2=O)c(C(F)(F)F)c1. The number of amides is 5. The van der Waals surface area contributed by atoms with Crippen LogP contribution in [0.2, 0.25) is 0 Å². The summed E-state index contributed by atoms with van der Waals surface area (Å²) in [5, 5.41) is 6.18. The van der Waals surface area contributed by atoms with Crippen molar-refractivity contribution in [1.29, 1.82) is 0 Å². The van der Waals surface area contributed by atoms with Crippen LogP contribution in [-0.2, 0) is 25.3 Å². The second-order valence-corrected chi connectivity index (χ2v) is 5.88. The van der Waals surface area contributed by atoms with Gasteiger partial charge in [-0.1, -0.05) is 0 Å². The van der Waals surface area contributed by atoms with E-state index in [9.17, 15) is 32.3 Å². The molecule has 1 saturated heterocycles. The van der Waals surface area contributed by atoms with Crippen LogP contribution < -0.4 is 26.6 Å². The van der Waals surface area contributed by atoms with E-state index in [0.717, 1.165) is 17.0 Å². The first kappa shape index (κ1) is 21.9. The van der Waals surface area contributed by atoms with Gasteiger partial charge in [-0.2, -0.15) is 13.2 Å². The fourth-order valence-electron chi connectivity index (χ4n) is 2.53. The molecule has 5 amide bonds. The van der Waals surface area contributed by atoms with Crippen LogP contribution in [0.4, 0.5) is 29.3 Å². The highest BCUT2D eigenvalue weighted by Crippen LogP contribution is 2.38. The maximum Gasteiger partial charge on any atom is 0.418 e. The van der Waals surface area contributed by atoms with E-state index in [1.807, 2.05) is 5.32 Å². The third kappa shape index (κ3) is 5.34. The Bertz CT molecular complexity index is 830. The van der Waals surface area contributed by atoms with E-state index >= 15 is 0 Å². The molecule has 0 bridgehead atoms. The first-order valence-corrected chi connectivity index (χ1v) is 8.22. The molecule has 158 valence electrons. The third-order valence-corrected chi connectivity index (χ3v) is 3.90. The van der Waals surface area contributed by atoms with Crippen molar-refractivity contribution < 1.29 is 37.1 Å². The number of anilines is 2. The number of nitrogens with one attached hydrogen (secondary N) is 3. The van der Waals surface area contributed by atoms with Gasteiger partial charge in [0.15, 0.2) is 6.04 Å². The van der Waals surface area contributed by atoms with E-state index in [4.69, 9.17) is 10.5 Å². The smallest absolute Gasteiger partial charge is 0.370 e. The van der Waals surface area contributed by atoms with E-state index in [2.05, 4.69) is 10.6 Å². The lowest BCUT2D eigenvalue weighted by atomic mass is 10.1. The number of halogens is 3. The predicted octanol–water partition coefficient (Wildman–Crippen LogP) is -0.210. The van der Waals surface area contributed by atoms with Crippen LogP contribution in [0.3, 0.4) is 0 Å². The van der Waals surface area contributed by atoms with Gasteiger partial charge in [-0.3, -0.25) is 14.4 Å². The topological polar surface area (TPSA) is 143 Å². The van der Waals surface area contributed by atoms with Gasteiger partial charge in [-0.25, -0.2) is 4.79 Å². The summed E-state index contributed by atoms with van der Waals surface area (Å²) in [5.74, 6) is -2.98. The number of primary amides is 1. The Morgan fingerprint density at radius 1 is 1.28 bits per heavy atom. The standard InChI is InChI=1S/C16H18F3N5O5/c1-21-15(28)23-12(13(20)26)14(27)22-8-2-3-10(9(6-8)16(17,18)19)24-4-5-29-7-11(24)25/h2-3,6,12H,4-5,7H2,1H3,(H2,20,26)(H,22,27)(H2,21,23,28)/t12-/m1/s1. The quantitative estimate of drug-likeness (QED) is 0.491. The molecular weight excluding hydrogens is 399 g/mol. The van der Waals surface area contributed by atoms with Crippen LogP contribution >= 0.6 is 0 Å². The number of carbonyl (C=O) groups excluding carboxylic acids is 4. The predicted molar refractivity (Wildman–Crippen MR) is 93.8 cm³/mol. The summed E-state index contributed by atoms with van der Waals surface area (Å²) in [6.45, 7) is -0.332. The number of hydrogen-bond acceptors (Lipinski definition) is 5. The van der Waals surface area contributed by atoms with Gasteiger partial charge < -0.3 is 31.3 Å². The Morgan fingerprint density at radius 2 is 1.97 bits per heavy atom. The lowest BCUT2D eigenvalue weighted by Gasteiger charge is -2.29. The fraction of sp³-hybridized carbons (Fsp3) is 0.375. The van der Waals surface area contributed by atoms with E-state index in [1.54, 1.807) is 0 Å². The minimum atomic E-state index is -4.84. The van der Waals surface area contributed by atoms with Gasteiger partial charge in [-0.05, 0) is 18.2 Å². The van der Waals surface area contributed by atoms with Gasteiger partial charge in [0.05, 0.1) is 17.9 Å². The molecule has 1 aromatic rings. The van der Waals surface area contributed by atoms with Crippen LogP contribution in [0.5, 0.6) is 0 Å². The largest absolute Gasteiger partial charge is 0.418 e. The minimum absolute atomic E-state index is 0.0621. The summed E-state index contributed by atoms with van der Waals surface area (Å²) in [7, 11) is 1.23. The van der Waals surface area contributed by atoms with Crippen molar-refractivity contribution in [2.24, 2.45) is 5.73 Å². The summed E-state index contributed by atoms with van der Waals surface area (Å²) in [5.41, 5.74) is 3.19. The molecule has 2 rings (SSSR count). The van der Waals surface area contributed by atoms with Gasteiger partial charge in [0.25, 0.3) is 11.8 Å². The molecule has 1 aliphatic rings. The number of urea groups is 1. The second-order valence-electron chi connectivity index (χ2n) is 5.88. The van der Waals surface area contributed by atoms with Gasteiger partial charge in [0, 0.05) is 19.3 Å². The first-order valence-electron chi connectivity index (χ1n) is 8.22. The Labute approximate surface area is 162 Å². The molecule has 0 unspecified atom stereocenters. The summed E-state index contributed by atoms with van der Waals surface area (Å²) in [6, 6.07) is 0.0652. The molecule has 0 aliphatic carbocycles. The maximum atomic E-state index is 13.5. The van der Waals surface area contributed by atoms with Crippen LogP contribution in [0, 0.1) is 0 Å². The maximum absolute atomic E-state index is 13.5. The molecule has 10 nitrogen and oxygen atoms in total. The molecule has 13 heteroatoms. The molecule has 1 heterocycles. The average molecular weight is 417 g/mol. The molecule has 1 atom stereocenters. The van der Waals surface area contributed by atoms with Crippen LogP contribution in [0.25, 0.3) is 0 Å². The van der Waals surface area contributed by atoms with Crippen molar-refractivity contribution in [2.45, 2.75) is 12.2 Å². The number of hydrogen-bond donors (Lipinski definition) is 4. The Kier molecular flexibility index (Phi) is 6.64. The normalized spacial score (nSPS) is 15.4. The van der Waals surface area contributed by atoms with Crippen molar-refractivity contribution in [2.75, 3.05) is 37.0 Å². The third-order valence-electron chi connectivity index (χ3n) is 3.90. The number of alkyl halides is 3. The molecule has 0 spiro atoms. The summed E-state index contributed by atoms with van der Waals surface area (Å²) in [6.07, 6.45) is -4.84. The number of carbonyl (C=O) groups is 4. The molecular formula is C16H18F3N5O5. The van der Waals surface area contributed by atoms with E-state index in [0.29, 0.717) is 6.07 Å². The van der Waals surface area contributed by atoms with E-state index < -0.39 is 47.2 Å². The highest BCUT2D eigenvalue weighted by atomic mass is 19.4. The average Bonchev–Trinajstić information content (AvgIpc) is 2.65. The van der Waals surface area contributed by atoms with Gasteiger partial charge in [0.1, 0.15) is 6.61 Å². The Morgan fingerprint density at radius 3 is 2.52 bits per heavy atom. The van der Waals surface area contributed by atoms with Crippen molar-refractivity contribution in [3.63, 3.8) is 0 Å². The lowest BCUT2D eigenvalue weighted by molar-refractivity contribution is -0.137. The zero-order valence-electron chi connectivity index (χ0n) is 15.1. The monoisotopic (exact) mass is 417 g/mol. The highest BCUT2D eigenvalue weighted by molar-refractivity contribution is 6.11. The number of rotatable bonds is 5. The van der Waals surface area contributed by atoms with Crippen molar-refractivity contribution in [3.8, 4) is 0 Å². The first-order chi connectivity index (χ1) is 13.5. The number of benzene rings is 1. The van der Waals surface area contributed by atoms with E-state index in [-0.39, 0.29) is 25.4 Å². The molecule has 0 aromatic heterocycles. The summed E-state index contributed by atoms with van der Waals surface area (Å²) < 4.78 is 45.5. The molecule has 1 aliphatic heterocycles. The number of nitrogens with two attached hydrogens (primary N) is 1. The zero-order chi connectivity index (χ0) is 21.8. The lowest BCUT2D eigenvalue weighted by Crippen LogP contribution is -2.54. The van der Waals surface area contributed by atoms with Crippen molar-refractivity contribution in [1.82, 2.24) is 10.6 Å². The van der Waals surface area contributed by atoms with Gasteiger partial charge in [-0.15, -0.1) is 0 Å². The van der Waals surface area contributed by atoms with Crippen LogP contribution in [0.15, 0.2) is 18.2 Å². The van der Waals surface area contributed by atoms with Gasteiger partial charge >= 0.3 is 12.2 Å². The van der Waals surface area contributed by atoms with Gasteiger partial charge in [0.2, 0.25) is 5.91 Å². The van der Waals surface area contributed by atoms with Crippen LogP contribution in [0.1, 0.15) is 5.56 Å². The number of nitrogens with zero attached hydrogens (tertiary/aromatic N) is 1. The summed E-state index contributed by atoms with van der Waals surface area (Å²) >= 11 is 0. The minimum Gasteiger partial charge on any atom is -0.370 e. The second kappa shape index (κ2) is 8.77. The van der Waals surface area contributed by atoms with Crippen LogP contribution in [-0.4, -0.2) is 56.6 Å². The highest BCUT2D eigenvalue weighted by Gasteiger charge is 2.37. The molecule has 0 radical (unpaired) electrons. The molecule has 1 aromatic carbocycles.